The van der Waals surface area contributed by atoms with E-state index in [-0.39, 0.29) is 56.5 Å². The van der Waals surface area contributed by atoms with Crippen molar-refractivity contribution in [1.29, 1.82) is 0 Å². The number of nitrogens with zero attached hydrogens (tertiary/aromatic N) is 4. The molecule has 3 aliphatic rings. The molecule has 18 nitrogen and oxygen atoms in total. The number of carbonyl (C=O) groups excluding carboxylic acids is 4. The first-order chi connectivity index (χ1) is 29.1. The predicted octanol–water partition coefficient (Wildman–Crippen LogP) is 4.42. The number of aliphatic imine (C=N–C) groups is 1. The van der Waals surface area contributed by atoms with Gasteiger partial charge < -0.3 is 53.4 Å². The van der Waals surface area contributed by atoms with E-state index in [1.807, 2.05) is 32.8 Å². The van der Waals surface area contributed by atoms with Crippen LogP contribution in [0.4, 0.5) is 6.01 Å². The number of cyclic esters (lactones) is 1. The van der Waals surface area contributed by atoms with Gasteiger partial charge in [0.05, 0.1) is 43.2 Å². The fraction of sp³-hybridized carbons (Fsp3) is 0.705. The first kappa shape index (κ1) is 48.7. The third-order valence-corrected chi connectivity index (χ3v) is 12.3. The highest BCUT2D eigenvalue weighted by atomic mass is 16.7. The van der Waals surface area contributed by atoms with Crippen molar-refractivity contribution in [3.05, 3.63) is 23.8 Å². The number of esters is 2. The van der Waals surface area contributed by atoms with Crippen LogP contribution >= 0.6 is 0 Å². The van der Waals surface area contributed by atoms with Crippen molar-refractivity contribution in [2.75, 3.05) is 33.0 Å². The molecule has 1 aromatic heterocycles. The molecule has 3 saturated heterocycles. The Morgan fingerprint density at radius 3 is 2.42 bits per heavy atom. The van der Waals surface area contributed by atoms with E-state index in [0.717, 1.165) is 0 Å². The Kier molecular flexibility index (Phi) is 15.7. The van der Waals surface area contributed by atoms with E-state index in [2.05, 4.69) is 15.1 Å². The number of hydrogen-bond donors (Lipinski definition) is 2. The quantitative estimate of drug-likeness (QED) is 0.212. The Morgan fingerprint density at radius 2 is 1.77 bits per heavy atom. The Hall–Kier alpha value is -4.33. The molecule has 2 aromatic rings. The van der Waals surface area contributed by atoms with Crippen LogP contribution in [-0.4, -0.2) is 131 Å². The Balaban J connectivity index is 1.69. The number of fused-ring (bicyclic) bond motifs is 6. The lowest BCUT2D eigenvalue weighted by Gasteiger charge is -2.48. The average molecular weight is 872 g/mol. The molecule has 3 aliphatic heterocycles. The van der Waals surface area contributed by atoms with Gasteiger partial charge in [-0.15, -0.1) is 0 Å². The first-order valence-corrected chi connectivity index (χ1v) is 21.3. The van der Waals surface area contributed by atoms with Gasteiger partial charge in [-0.3, -0.25) is 19.2 Å². The molecule has 5 rings (SSSR count). The minimum absolute atomic E-state index is 0.0122. The number of oxazole rings is 1. The van der Waals surface area contributed by atoms with Gasteiger partial charge in [0.15, 0.2) is 23.8 Å². The molecule has 0 saturated carbocycles. The molecule has 1 amide bonds. The smallest absolute Gasteiger partial charge is 0.316 e. The number of nitrogen functional groups attached to an aromatic ring is 1. The lowest BCUT2D eigenvalue weighted by atomic mass is 9.73. The highest BCUT2D eigenvalue weighted by molar-refractivity contribution is 6.00. The van der Waals surface area contributed by atoms with Gasteiger partial charge in [-0.1, -0.05) is 38.9 Å². The van der Waals surface area contributed by atoms with Gasteiger partial charge in [0, 0.05) is 31.4 Å². The Labute approximate surface area is 363 Å². The number of nitrogens with two attached hydrogens (primary N) is 1. The number of ketones is 1. The van der Waals surface area contributed by atoms with Gasteiger partial charge in [-0.25, -0.2) is 4.99 Å². The second kappa shape index (κ2) is 20.0. The Morgan fingerprint density at radius 1 is 1.06 bits per heavy atom. The zero-order valence-electron chi connectivity index (χ0n) is 38.0. The van der Waals surface area contributed by atoms with E-state index in [4.69, 9.17) is 43.4 Å². The molecule has 3 fully saturated rings. The van der Waals surface area contributed by atoms with Crippen molar-refractivity contribution < 1.29 is 62.0 Å². The highest BCUT2D eigenvalue weighted by Crippen LogP contribution is 2.40. The highest BCUT2D eigenvalue weighted by Gasteiger charge is 2.53. The number of likely N-dealkylation sites (N-methyl/N-ethyl adjacent to an activating group) is 1. The molecule has 13 atom stereocenters. The van der Waals surface area contributed by atoms with Crippen molar-refractivity contribution in [2.45, 2.75) is 149 Å². The number of rotatable bonds is 8. The van der Waals surface area contributed by atoms with Crippen LogP contribution in [0.3, 0.4) is 0 Å². The minimum atomic E-state index is -1.88. The number of aromatic nitrogens is 1. The van der Waals surface area contributed by atoms with Crippen LogP contribution in [0.1, 0.15) is 94.1 Å². The standard InChI is InChI=1S/C44H65N5O13/c1-13-34-44(10,54)39-24(4)35(46-27(7)50)22(2)18-43(9,56-21-30(20-55-39)48-57-19-29-14-15-33-31(17-29)47-42(45)60-33)38(25(5)36(52)26(6)40(53)61-34)62-41-37(59-28(8)51)32(49(11)12)16-23(3)58-41/h14-15,17,22-26,32,34,37-39,41,54H,13,16,18-21H2,1-12H3,(H2,45,47)/b46-35?,48-30+/t22-,23-,24+,25+,26-,32+,34-,37-,38-,39-,41+,43-,44-/m1/s1. The van der Waals surface area contributed by atoms with E-state index in [1.54, 1.807) is 45.9 Å². The maximum atomic E-state index is 14.6. The molecular weight excluding hydrogens is 807 g/mol. The third kappa shape index (κ3) is 11.1. The molecule has 0 radical (unpaired) electrons. The SMILES string of the molecule is CC[C@H]1OC(=O)[C@H](C)C(=O)[C@H](C)[C@@H](O[C@@H]2O[C@H](C)C[C@H](N(C)C)[C@H]2OC(C)=O)[C@@]2(C)C[C@@H](C)C(=NC(C)=O)[C@H](C)[C@@H](OC/C(=N\OCc3ccc4oc(N)nc4c3)CO2)[C@]1(C)O. The van der Waals surface area contributed by atoms with E-state index in [1.165, 1.54) is 27.7 Å². The fourth-order valence-electron chi connectivity index (χ4n) is 9.19. The third-order valence-electron chi connectivity index (χ3n) is 12.3. The summed E-state index contributed by atoms with van der Waals surface area (Å²) >= 11 is 0. The molecule has 344 valence electrons. The molecule has 2 bridgehead atoms. The largest absolute Gasteiger partial charge is 0.459 e. The zero-order chi connectivity index (χ0) is 45.8. The summed E-state index contributed by atoms with van der Waals surface area (Å²) in [6.07, 6.45) is -5.17. The Bertz CT molecular complexity index is 2000. The van der Waals surface area contributed by atoms with Gasteiger partial charge in [0.1, 0.15) is 35.5 Å². The topological polar surface area (TPSA) is 233 Å². The molecule has 0 unspecified atom stereocenters. The van der Waals surface area contributed by atoms with Crippen molar-refractivity contribution in [2.24, 2.45) is 33.8 Å². The monoisotopic (exact) mass is 871 g/mol. The number of carbonyl (C=O) groups is 4. The summed E-state index contributed by atoms with van der Waals surface area (Å²) in [4.78, 5) is 70.6. The lowest BCUT2D eigenvalue weighted by molar-refractivity contribution is -0.298. The van der Waals surface area contributed by atoms with Crippen molar-refractivity contribution >= 4 is 52.2 Å². The predicted molar refractivity (Wildman–Crippen MR) is 227 cm³/mol. The number of ether oxygens (including phenoxy) is 6. The zero-order valence-corrected chi connectivity index (χ0v) is 38.0. The molecule has 4 heterocycles. The van der Waals surface area contributed by atoms with Crippen LogP contribution in [0.15, 0.2) is 32.8 Å². The van der Waals surface area contributed by atoms with Gasteiger partial charge in [-0.05, 0) is 84.7 Å². The number of oxime groups is 1. The lowest BCUT2D eigenvalue weighted by Crippen LogP contribution is -2.60. The van der Waals surface area contributed by atoms with E-state index >= 15 is 0 Å². The fourth-order valence-corrected chi connectivity index (χ4v) is 9.19. The number of benzene rings is 1. The molecule has 3 N–H and O–H groups in total. The summed E-state index contributed by atoms with van der Waals surface area (Å²) in [5, 5.41) is 16.9. The molecule has 0 spiro atoms. The van der Waals surface area contributed by atoms with Crippen molar-refractivity contribution in [3.63, 3.8) is 0 Å². The van der Waals surface area contributed by atoms with Gasteiger partial charge in [0.25, 0.3) is 6.01 Å². The van der Waals surface area contributed by atoms with Crippen LogP contribution < -0.4 is 5.73 Å². The maximum absolute atomic E-state index is 14.6. The number of Topliss-reactive ketones (excluding diaryl/α,β-unsaturated/α-hetero) is 1. The van der Waals surface area contributed by atoms with Crippen LogP contribution in [0.5, 0.6) is 0 Å². The van der Waals surface area contributed by atoms with Crippen LogP contribution in [0, 0.1) is 23.7 Å². The summed E-state index contributed by atoms with van der Waals surface area (Å²) in [6, 6.07) is 4.98. The van der Waals surface area contributed by atoms with E-state index in [0.29, 0.717) is 28.8 Å². The van der Waals surface area contributed by atoms with E-state index < -0.39 is 89.2 Å². The number of amides is 1. The number of hydrogen-bond acceptors (Lipinski definition) is 17. The number of aliphatic hydroxyl groups is 1. The molecular formula is C44H65N5O13. The molecule has 0 aliphatic carbocycles. The van der Waals surface area contributed by atoms with E-state index in [9.17, 15) is 24.3 Å². The first-order valence-electron chi connectivity index (χ1n) is 21.3. The summed E-state index contributed by atoms with van der Waals surface area (Å²) < 4.78 is 44.2. The molecule has 62 heavy (non-hydrogen) atoms. The van der Waals surface area contributed by atoms with Gasteiger partial charge >= 0.3 is 11.9 Å². The van der Waals surface area contributed by atoms with Crippen LogP contribution in [0.2, 0.25) is 0 Å². The molecule has 1 aromatic carbocycles. The maximum Gasteiger partial charge on any atom is 0.316 e. The second-order valence-corrected chi connectivity index (χ2v) is 17.8. The summed E-state index contributed by atoms with van der Waals surface area (Å²) in [5.41, 5.74) is 4.83. The normalized spacial score (nSPS) is 36.8. The summed E-state index contributed by atoms with van der Waals surface area (Å²) in [5.74, 6) is -6.09. The van der Waals surface area contributed by atoms with Crippen LogP contribution in [0.25, 0.3) is 11.1 Å². The number of anilines is 1. The average Bonchev–Trinajstić information content (AvgIpc) is 3.57. The minimum Gasteiger partial charge on any atom is -0.459 e. The van der Waals surface area contributed by atoms with Gasteiger partial charge in [-0.2, -0.15) is 4.98 Å². The van der Waals surface area contributed by atoms with Crippen LogP contribution in [-0.2, 0) is 59.0 Å². The van der Waals surface area contributed by atoms with Crippen molar-refractivity contribution in [3.8, 4) is 0 Å². The van der Waals surface area contributed by atoms with Gasteiger partial charge in [0.2, 0.25) is 5.91 Å². The summed E-state index contributed by atoms with van der Waals surface area (Å²) in [6.45, 7) is 15.8. The van der Waals surface area contributed by atoms with Crippen molar-refractivity contribution in [1.82, 2.24) is 9.88 Å². The second-order valence-electron chi connectivity index (χ2n) is 17.8. The summed E-state index contributed by atoms with van der Waals surface area (Å²) in [7, 11) is 3.73. The molecule has 18 heteroatoms.